The predicted molar refractivity (Wildman–Crippen MR) is 86.7 cm³/mol. The lowest BCUT2D eigenvalue weighted by molar-refractivity contribution is -0.116. The van der Waals surface area contributed by atoms with Crippen LogP contribution in [0.3, 0.4) is 0 Å². The van der Waals surface area contributed by atoms with Gasteiger partial charge in [0.1, 0.15) is 6.54 Å². The molecule has 1 aliphatic heterocycles. The van der Waals surface area contributed by atoms with Gasteiger partial charge in [-0.1, -0.05) is 29.5 Å². The number of thiazole rings is 1. The Morgan fingerprint density at radius 3 is 2.74 bits per heavy atom. The average molecular weight is 329 g/mol. The molecule has 1 aliphatic rings. The minimum atomic E-state index is -0.324. The maximum Gasteiger partial charge on any atom is 0.254 e. The van der Waals surface area contributed by atoms with Crippen LogP contribution in [0.4, 0.5) is 5.13 Å². The van der Waals surface area contributed by atoms with Crippen molar-refractivity contribution in [3.63, 3.8) is 0 Å². The first-order valence-corrected chi connectivity index (χ1v) is 7.92. The Balaban J connectivity index is 1.66. The highest BCUT2D eigenvalue weighted by Crippen LogP contribution is 2.24. The summed E-state index contributed by atoms with van der Waals surface area (Å²) in [6, 6.07) is 7.33. The van der Waals surface area contributed by atoms with Gasteiger partial charge < -0.3 is 10.2 Å². The number of aromatic nitrogens is 1. The molecule has 0 bridgehead atoms. The molecule has 0 saturated carbocycles. The lowest BCUT2D eigenvalue weighted by Gasteiger charge is -2.14. The zero-order valence-electron chi connectivity index (χ0n) is 12.8. The average Bonchev–Trinajstić information content (AvgIpc) is 3.01. The third-order valence-electron chi connectivity index (χ3n) is 3.59. The summed E-state index contributed by atoms with van der Waals surface area (Å²) in [7, 11) is 0. The Kier molecular flexibility index (Phi) is 3.96. The van der Waals surface area contributed by atoms with E-state index >= 15 is 0 Å². The first-order chi connectivity index (χ1) is 11.0. The molecule has 6 nitrogen and oxygen atoms in total. The van der Waals surface area contributed by atoms with Gasteiger partial charge in [0, 0.05) is 19.0 Å². The van der Waals surface area contributed by atoms with Crippen molar-refractivity contribution < 1.29 is 14.4 Å². The SMILES string of the molecule is CC(=O)c1sc(NC(=O)CN2Cc3ccccc3C2=O)nc1C. The van der Waals surface area contributed by atoms with Gasteiger partial charge in [0.05, 0.1) is 10.6 Å². The van der Waals surface area contributed by atoms with Gasteiger partial charge in [-0.25, -0.2) is 4.98 Å². The van der Waals surface area contributed by atoms with Gasteiger partial charge >= 0.3 is 0 Å². The van der Waals surface area contributed by atoms with Crippen LogP contribution in [-0.4, -0.2) is 34.0 Å². The molecule has 0 aliphatic carbocycles. The molecular formula is C16H15N3O3S. The molecule has 1 aromatic heterocycles. The number of benzene rings is 1. The molecule has 2 amide bonds. The van der Waals surface area contributed by atoms with Crippen molar-refractivity contribution in [3.05, 3.63) is 46.0 Å². The lowest BCUT2D eigenvalue weighted by Crippen LogP contribution is -2.33. The van der Waals surface area contributed by atoms with Gasteiger partial charge in [0.25, 0.3) is 5.91 Å². The Morgan fingerprint density at radius 2 is 2.09 bits per heavy atom. The maximum absolute atomic E-state index is 12.2. The van der Waals surface area contributed by atoms with Gasteiger partial charge in [-0.3, -0.25) is 14.4 Å². The molecule has 1 aromatic carbocycles. The Morgan fingerprint density at radius 1 is 1.35 bits per heavy atom. The van der Waals surface area contributed by atoms with E-state index in [1.165, 1.54) is 11.8 Å². The third-order valence-corrected chi connectivity index (χ3v) is 4.77. The number of rotatable bonds is 4. The molecule has 0 spiro atoms. The minimum absolute atomic E-state index is 0.0401. The summed E-state index contributed by atoms with van der Waals surface area (Å²) in [4.78, 5) is 42.0. The zero-order chi connectivity index (χ0) is 16.6. The summed E-state index contributed by atoms with van der Waals surface area (Å²) in [5, 5.41) is 3.03. The number of nitrogens with zero attached hydrogens (tertiary/aromatic N) is 2. The number of amides is 2. The second kappa shape index (κ2) is 5.92. The van der Waals surface area contributed by atoms with Crippen LogP contribution in [0, 0.1) is 6.92 Å². The van der Waals surface area contributed by atoms with Crippen LogP contribution in [0.5, 0.6) is 0 Å². The molecule has 2 aromatic rings. The molecule has 0 saturated heterocycles. The monoisotopic (exact) mass is 329 g/mol. The van der Waals surface area contributed by atoms with E-state index in [2.05, 4.69) is 10.3 Å². The van der Waals surface area contributed by atoms with Crippen LogP contribution in [0.25, 0.3) is 0 Å². The number of fused-ring (bicyclic) bond motifs is 1. The fourth-order valence-electron chi connectivity index (χ4n) is 2.55. The number of anilines is 1. The van der Waals surface area contributed by atoms with E-state index in [9.17, 15) is 14.4 Å². The second-order valence-electron chi connectivity index (χ2n) is 5.36. The van der Waals surface area contributed by atoms with Crippen LogP contribution >= 0.6 is 11.3 Å². The van der Waals surface area contributed by atoms with Gasteiger partial charge in [-0.15, -0.1) is 0 Å². The van der Waals surface area contributed by atoms with Gasteiger partial charge in [-0.05, 0) is 18.6 Å². The summed E-state index contributed by atoms with van der Waals surface area (Å²) >= 11 is 1.15. The minimum Gasteiger partial charge on any atom is -0.325 e. The molecule has 1 N–H and O–H groups in total. The van der Waals surface area contributed by atoms with E-state index in [4.69, 9.17) is 0 Å². The first-order valence-electron chi connectivity index (χ1n) is 7.11. The summed E-state index contributed by atoms with van der Waals surface area (Å²) in [5.41, 5.74) is 2.17. The van der Waals surface area contributed by atoms with Crippen molar-refractivity contribution in [2.75, 3.05) is 11.9 Å². The van der Waals surface area contributed by atoms with E-state index in [1.807, 2.05) is 18.2 Å². The van der Waals surface area contributed by atoms with Crippen LogP contribution in [-0.2, 0) is 11.3 Å². The van der Waals surface area contributed by atoms with Crippen LogP contribution in [0.15, 0.2) is 24.3 Å². The molecule has 0 radical (unpaired) electrons. The second-order valence-corrected chi connectivity index (χ2v) is 6.36. The molecule has 2 heterocycles. The van der Waals surface area contributed by atoms with Gasteiger partial charge in [-0.2, -0.15) is 0 Å². The number of nitrogens with one attached hydrogen (secondary N) is 1. The van der Waals surface area contributed by atoms with E-state index in [1.54, 1.807) is 13.0 Å². The van der Waals surface area contributed by atoms with E-state index in [0.29, 0.717) is 27.8 Å². The topological polar surface area (TPSA) is 79.4 Å². The standard InChI is InChI=1S/C16H15N3O3S/c1-9-14(10(2)20)23-16(17-9)18-13(21)8-19-7-11-5-3-4-6-12(11)15(19)22/h3-6H,7-8H2,1-2H3,(H,17,18,21). The molecular weight excluding hydrogens is 314 g/mol. The number of Topliss-reactive ketones (excluding diaryl/α,β-unsaturated/α-hetero) is 1. The Bertz CT molecular complexity index is 813. The molecule has 0 unspecified atom stereocenters. The van der Waals surface area contributed by atoms with Crippen LogP contribution < -0.4 is 5.32 Å². The van der Waals surface area contributed by atoms with Crippen molar-refractivity contribution in [2.45, 2.75) is 20.4 Å². The lowest BCUT2D eigenvalue weighted by atomic mass is 10.1. The number of hydrogen-bond acceptors (Lipinski definition) is 5. The molecule has 7 heteroatoms. The smallest absolute Gasteiger partial charge is 0.254 e. The Labute approximate surface area is 137 Å². The molecule has 23 heavy (non-hydrogen) atoms. The fraction of sp³-hybridized carbons (Fsp3) is 0.250. The van der Waals surface area contributed by atoms with Gasteiger partial charge in [0.2, 0.25) is 5.91 Å². The number of aryl methyl sites for hydroxylation is 1. The number of carbonyl (C=O) groups is 3. The number of ketones is 1. The van der Waals surface area contributed by atoms with E-state index in [0.717, 1.165) is 16.9 Å². The third kappa shape index (κ3) is 3.00. The van der Waals surface area contributed by atoms with Crippen molar-refractivity contribution in [1.82, 2.24) is 9.88 Å². The molecule has 3 rings (SSSR count). The van der Waals surface area contributed by atoms with Crippen molar-refractivity contribution in [3.8, 4) is 0 Å². The van der Waals surface area contributed by atoms with Crippen molar-refractivity contribution in [1.29, 1.82) is 0 Å². The van der Waals surface area contributed by atoms with Crippen LogP contribution in [0.2, 0.25) is 0 Å². The fourth-order valence-corrected chi connectivity index (χ4v) is 3.43. The molecule has 0 atom stereocenters. The number of hydrogen-bond donors (Lipinski definition) is 1. The van der Waals surface area contributed by atoms with Crippen LogP contribution in [0.1, 0.15) is 38.2 Å². The van der Waals surface area contributed by atoms with Crippen molar-refractivity contribution >= 4 is 34.1 Å². The summed E-state index contributed by atoms with van der Waals surface area (Å²) in [5.74, 6) is -0.545. The summed E-state index contributed by atoms with van der Waals surface area (Å²) < 4.78 is 0. The van der Waals surface area contributed by atoms with Gasteiger partial charge in [0.15, 0.2) is 10.9 Å². The highest BCUT2D eigenvalue weighted by Gasteiger charge is 2.28. The highest BCUT2D eigenvalue weighted by molar-refractivity contribution is 7.17. The maximum atomic E-state index is 12.2. The quantitative estimate of drug-likeness (QED) is 0.873. The largest absolute Gasteiger partial charge is 0.325 e. The summed E-state index contributed by atoms with van der Waals surface area (Å²) in [6.07, 6.45) is 0. The zero-order valence-corrected chi connectivity index (χ0v) is 13.6. The normalized spacial score (nSPS) is 13.1. The predicted octanol–water partition coefficient (Wildman–Crippen LogP) is 2.25. The Hall–Kier alpha value is -2.54. The first kappa shape index (κ1) is 15.4. The molecule has 0 fully saturated rings. The highest BCUT2D eigenvalue weighted by atomic mass is 32.1. The van der Waals surface area contributed by atoms with E-state index in [-0.39, 0.29) is 24.1 Å². The summed E-state index contributed by atoms with van der Waals surface area (Å²) in [6.45, 7) is 3.58. The van der Waals surface area contributed by atoms with Crippen molar-refractivity contribution in [2.24, 2.45) is 0 Å². The number of carbonyl (C=O) groups excluding carboxylic acids is 3. The van der Waals surface area contributed by atoms with E-state index < -0.39 is 0 Å². The molecule has 118 valence electrons.